The van der Waals surface area contributed by atoms with Gasteiger partial charge in [-0.25, -0.2) is 12.8 Å². The third-order valence-corrected chi connectivity index (χ3v) is 4.43. The SMILES string of the molecule is COc1ccc(NS(=O)(=O)c2cc(N)ccc2C)cc1F. The van der Waals surface area contributed by atoms with Crippen molar-refractivity contribution in [2.45, 2.75) is 11.8 Å². The molecule has 0 aliphatic heterocycles. The van der Waals surface area contributed by atoms with Crippen molar-refractivity contribution >= 4 is 21.4 Å². The lowest BCUT2D eigenvalue weighted by molar-refractivity contribution is 0.386. The highest BCUT2D eigenvalue weighted by Crippen LogP contribution is 2.25. The maximum Gasteiger partial charge on any atom is 0.262 e. The van der Waals surface area contributed by atoms with Crippen molar-refractivity contribution in [3.05, 3.63) is 47.8 Å². The zero-order chi connectivity index (χ0) is 15.6. The number of sulfonamides is 1. The van der Waals surface area contributed by atoms with Crippen molar-refractivity contribution in [2.75, 3.05) is 17.6 Å². The second-order valence-corrected chi connectivity index (χ2v) is 6.13. The second kappa shape index (κ2) is 5.61. The van der Waals surface area contributed by atoms with E-state index in [2.05, 4.69) is 4.72 Å². The van der Waals surface area contributed by atoms with Crippen molar-refractivity contribution in [3.8, 4) is 5.75 Å². The fourth-order valence-corrected chi connectivity index (χ4v) is 3.18. The predicted octanol–water partition coefficient (Wildman–Crippen LogP) is 2.53. The number of benzene rings is 2. The van der Waals surface area contributed by atoms with Crippen LogP contribution in [0, 0.1) is 12.7 Å². The Hall–Kier alpha value is -2.28. The van der Waals surface area contributed by atoms with Gasteiger partial charge in [-0.05, 0) is 36.8 Å². The normalized spacial score (nSPS) is 11.2. The van der Waals surface area contributed by atoms with Gasteiger partial charge in [0.1, 0.15) is 0 Å². The molecule has 0 radical (unpaired) electrons. The molecule has 0 bridgehead atoms. The third-order valence-electron chi connectivity index (χ3n) is 2.91. The van der Waals surface area contributed by atoms with Crippen LogP contribution in [0.15, 0.2) is 41.3 Å². The van der Waals surface area contributed by atoms with Crippen molar-refractivity contribution in [3.63, 3.8) is 0 Å². The Morgan fingerprint density at radius 1 is 1.19 bits per heavy atom. The van der Waals surface area contributed by atoms with Gasteiger partial charge in [0.05, 0.1) is 17.7 Å². The van der Waals surface area contributed by atoms with Crippen LogP contribution in [0.5, 0.6) is 5.75 Å². The molecule has 21 heavy (non-hydrogen) atoms. The van der Waals surface area contributed by atoms with Gasteiger partial charge in [0.25, 0.3) is 10.0 Å². The first-order valence-corrected chi connectivity index (χ1v) is 7.54. The number of anilines is 2. The Morgan fingerprint density at radius 3 is 2.52 bits per heavy atom. The highest BCUT2D eigenvalue weighted by atomic mass is 32.2. The molecular weight excluding hydrogens is 295 g/mol. The zero-order valence-corrected chi connectivity index (χ0v) is 12.4. The Morgan fingerprint density at radius 2 is 1.90 bits per heavy atom. The molecule has 0 aliphatic carbocycles. The molecule has 7 heteroatoms. The molecule has 0 spiro atoms. The number of rotatable bonds is 4. The van der Waals surface area contributed by atoms with Gasteiger partial charge in [-0.15, -0.1) is 0 Å². The van der Waals surface area contributed by atoms with Crippen LogP contribution in [0.25, 0.3) is 0 Å². The number of aryl methyl sites for hydroxylation is 1. The van der Waals surface area contributed by atoms with Gasteiger partial charge in [0, 0.05) is 11.8 Å². The molecule has 2 rings (SSSR count). The van der Waals surface area contributed by atoms with Crippen LogP contribution in [-0.4, -0.2) is 15.5 Å². The lowest BCUT2D eigenvalue weighted by Gasteiger charge is -2.12. The molecule has 112 valence electrons. The molecule has 0 amide bonds. The maximum absolute atomic E-state index is 13.6. The summed E-state index contributed by atoms with van der Waals surface area (Å²) in [5, 5.41) is 0. The van der Waals surface area contributed by atoms with Gasteiger partial charge in [-0.1, -0.05) is 6.07 Å². The number of ether oxygens (including phenoxy) is 1. The fourth-order valence-electron chi connectivity index (χ4n) is 1.85. The van der Waals surface area contributed by atoms with E-state index in [1.807, 2.05) is 0 Å². The maximum atomic E-state index is 13.6. The Labute approximate surface area is 122 Å². The summed E-state index contributed by atoms with van der Waals surface area (Å²) in [4.78, 5) is 0.0544. The molecule has 3 N–H and O–H groups in total. The Kier molecular flexibility index (Phi) is 4.04. The molecule has 0 heterocycles. The summed E-state index contributed by atoms with van der Waals surface area (Å²) in [7, 11) is -2.51. The molecule has 5 nitrogen and oxygen atoms in total. The molecule has 2 aromatic carbocycles. The summed E-state index contributed by atoms with van der Waals surface area (Å²) >= 11 is 0. The van der Waals surface area contributed by atoms with Crippen LogP contribution in [-0.2, 0) is 10.0 Å². The van der Waals surface area contributed by atoms with Crippen molar-refractivity contribution in [1.82, 2.24) is 0 Å². The van der Waals surface area contributed by atoms with E-state index in [0.717, 1.165) is 6.07 Å². The first-order chi connectivity index (χ1) is 9.83. The van der Waals surface area contributed by atoms with Crippen LogP contribution in [0.3, 0.4) is 0 Å². The molecule has 0 saturated carbocycles. The highest BCUT2D eigenvalue weighted by Gasteiger charge is 2.18. The van der Waals surface area contributed by atoms with E-state index in [-0.39, 0.29) is 16.3 Å². The van der Waals surface area contributed by atoms with Gasteiger partial charge in [0.2, 0.25) is 0 Å². The van der Waals surface area contributed by atoms with E-state index in [0.29, 0.717) is 11.3 Å². The molecule has 0 aliphatic rings. The summed E-state index contributed by atoms with van der Waals surface area (Å²) in [6, 6.07) is 8.40. The largest absolute Gasteiger partial charge is 0.494 e. The summed E-state index contributed by atoms with van der Waals surface area (Å²) in [6.45, 7) is 1.66. The number of methoxy groups -OCH3 is 1. The summed E-state index contributed by atoms with van der Waals surface area (Å²) < 4.78 is 45.3. The van der Waals surface area contributed by atoms with Gasteiger partial charge in [-0.2, -0.15) is 0 Å². The van der Waals surface area contributed by atoms with Gasteiger partial charge in [-0.3, -0.25) is 4.72 Å². The quantitative estimate of drug-likeness (QED) is 0.850. The van der Waals surface area contributed by atoms with E-state index in [1.165, 1.54) is 25.3 Å². The van der Waals surface area contributed by atoms with E-state index in [1.54, 1.807) is 19.1 Å². The number of nitrogens with one attached hydrogen (secondary N) is 1. The molecule has 0 fully saturated rings. The van der Waals surface area contributed by atoms with Crippen LogP contribution < -0.4 is 15.2 Å². The minimum absolute atomic E-state index is 0.0399. The smallest absolute Gasteiger partial charge is 0.262 e. The van der Waals surface area contributed by atoms with E-state index in [9.17, 15) is 12.8 Å². The first kappa shape index (κ1) is 15.1. The molecular formula is C14H15FN2O3S. The number of hydrogen-bond acceptors (Lipinski definition) is 4. The molecule has 0 saturated heterocycles. The Bertz CT molecular complexity index is 776. The minimum Gasteiger partial charge on any atom is -0.494 e. The standard InChI is InChI=1S/C14H15FN2O3S/c1-9-3-4-10(16)7-14(9)21(18,19)17-11-5-6-13(20-2)12(15)8-11/h3-8,17H,16H2,1-2H3. The molecule has 0 aromatic heterocycles. The molecule has 2 aromatic rings. The molecule has 0 unspecified atom stereocenters. The summed E-state index contributed by atoms with van der Waals surface area (Å²) in [6.07, 6.45) is 0. The first-order valence-electron chi connectivity index (χ1n) is 6.06. The lowest BCUT2D eigenvalue weighted by Crippen LogP contribution is -2.14. The molecule has 0 atom stereocenters. The average Bonchev–Trinajstić information content (AvgIpc) is 2.41. The predicted molar refractivity (Wildman–Crippen MR) is 79.4 cm³/mol. The summed E-state index contributed by atoms with van der Waals surface area (Å²) in [5.41, 5.74) is 6.60. The van der Waals surface area contributed by atoms with Crippen LogP contribution in [0.4, 0.5) is 15.8 Å². The summed E-state index contributed by atoms with van der Waals surface area (Å²) in [5.74, 6) is -0.611. The Balaban J connectivity index is 2.37. The minimum atomic E-state index is -3.84. The number of halogens is 1. The lowest BCUT2D eigenvalue weighted by atomic mass is 10.2. The van der Waals surface area contributed by atoms with Gasteiger partial charge < -0.3 is 10.5 Å². The monoisotopic (exact) mass is 310 g/mol. The third kappa shape index (κ3) is 3.25. The van der Waals surface area contributed by atoms with Crippen LogP contribution in [0.1, 0.15) is 5.56 Å². The van der Waals surface area contributed by atoms with Crippen molar-refractivity contribution in [2.24, 2.45) is 0 Å². The second-order valence-electron chi connectivity index (χ2n) is 4.48. The van der Waals surface area contributed by atoms with E-state index >= 15 is 0 Å². The van der Waals surface area contributed by atoms with Crippen LogP contribution >= 0.6 is 0 Å². The zero-order valence-electron chi connectivity index (χ0n) is 11.6. The number of nitrogen functional groups attached to an aromatic ring is 1. The van der Waals surface area contributed by atoms with Crippen molar-refractivity contribution < 1.29 is 17.5 Å². The van der Waals surface area contributed by atoms with E-state index in [4.69, 9.17) is 10.5 Å². The fraction of sp³-hybridized carbons (Fsp3) is 0.143. The van der Waals surface area contributed by atoms with Gasteiger partial charge in [0.15, 0.2) is 11.6 Å². The van der Waals surface area contributed by atoms with Crippen molar-refractivity contribution in [1.29, 1.82) is 0 Å². The number of nitrogens with two attached hydrogens (primary N) is 1. The van der Waals surface area contributed by atoms with E-state index < -0.39 is 15.8 Å². The van der Waals surface area contributed by atoms with Crippen LogP contribution in [0.2, 0.25) is 0 Å². The average molecular weight is 310 g/mol. The number of hydrogen-bond donors (Lipinski definition) is 2. The van der Waals surface area contributed by atoms with Gasteiger partial charge >= 0.3 is 0 Å². The topological polar surface area (TPSA) is 81.4 Å². The highest BCUT2D eigenvalue weighted by molar-refractivity contribution is 7.92.